The highest BCUT2D eigenvalue weighted by atomic mass is 35.5. The second-order valence-corrected chi connectivity index (χ2v) is 6.77. The van der Waals surface area contributed by atoms with Gasteiger partial charge in [0.25, 0.3) is 5.91 Å². The third-order valence-corrected chi connectivity index (χ3v) is 4.45. The van der Waals surface area contributed by atoms with Gasteiger partial charge in [-0.2, -0.15) is 0 Å². The standard InChI is InChI=1S/C16H19ClN4O3S/c1-2-4-13-15(16(24)18-7-8-25-10-14(22)23)19-20-21(13)12-6-3-5-11(17)9-12/h3,5-6,9H,2,4,7-8,10H2,1H3,(H,18,24)(H,22,23). The third-order valence-electron chi connectivity index (χ3n) is 3.28. The summed E-state index contributed by atoms with van der Waals surface area (Å²) in [5.41, 5.74) is 1.75. The summed E-state index contributed by atoms with van der Waals surface area (Å²) in [6, 6.07) is 7.20. The van der Waals surface area contributed by atoms with E-state index >= 15 is 0 Å². The van der Waals surface area contributed by atoms with Gasteiger partial charge < -0.3 is 10.4 Å². The number of nitrogens with zero attached hydrogens (tertiary/aromatic N) is 3. The van der Waals surface area contributed by atoms with E-state index in [0.29, 0.717) is 23.7 Å². The average Bonchev–Trinajstić information content (AvgIpc) is 2.98. The zero-order valence-corrected chi connectivity index (χ0v) is 15.3. The van der Waals surface area contributed by atoms with Gasteiger partial charge in [-0.25, -0.2) is 4.68 Å². The summed E-state index contributed by atoms with van der Waals surface area (Å²) in [6.45, 7) is 2.38. The van der Waals surface area contributed by atoms with Crippen molar-refractivity contribution in [3.8, 4) is 5.69 Å². The van der Waals surface area contributed by atoms with E-state index in [9.17, 15) is 9.59 Å². The summed E-state index contributed by atoms with van der Waals surface area (Å²) in [5.74, 6) is -0.649. The number of benzene rings is 1. The van der Waals surface area contributed by atoms with Crippen molar-refractivity contribution >= 4 is 35.2 Å². The molecule has 0 aliphatic rings. The van der Waals surface area contributed by atoms with Crippen LogP contribution in [0.4, 0.5) is 0 Å². The Labute approximate surface area is 154 Å². The number of rotatable bonds is 9. The first-order valence-electron chi connectivity index (χ1n) is 7.81. The Morgan fingerprint density at radius 3 is 2.88 bits per heavy atom. The van der Waals surface area contributed by atoms with E-state index in [4.69, 9.17) is 16.7 Å². The zero-order chi connectivity index (χ0) is 18.2. The Kier molecular flexibility index (Phi) is 7.27. The normalized spacial score (nSPS) is 10.6. The number of amides is 1. The van der Waals surface area contributed by atoms with Crippen molar-refractivity contribution in [2.75, 3.05) is 18.1 Å². The number of nitrogens with one attached hydrogen (secondary N) is 1. The highest BCUT2D eigenvalue weighted by molar-refractivity contribution is 7.99. The number of aliphatic carboxylic acids is 1. The molecule has 0 spiro atoms. The fraction of sp³-hybridized carbons (Fsp3) is 0.375. The van der Waals surface area contributed by atoms with Crippen LogP contribution in [0.2, 0.25) is 5.02 Å². The molecule has 0 fully saturated rings. The van der Waals surface area contributed by atoms with E-state index in [2.05, 4.69) is 15.6 Å². The predicted octanol–water partition coefficient (Wildman–Crippen LogP) is 2.42. The van der Waals surface area contributed by atoms with Crippen LogP contribution >= 0.6 is 23.4 Å². The van der Waals surface area contributed by atoms with Crippen LogP contribution in [0.1, 0.15) is 29.5 Å². The molecular weight excluding hydrogens is 364 g/mol. The summed E-state index contributed by atoms with van der Waals surface area (Å²) in [7, 11) is 0. The van der Waals surface area contributed by atoms with Crippen molar-refractivity contribution in [1.29, 1.82) is 0 Å². The fourth-order valence-electron chi connectivity index (χ4n) is 2.23. The topological polar surface area (TPSA) is 97.1 Å². The zero-order valence-electron chi connectivity index (χ0n) is 13.7. The van der Waals surface area contributed by atoms with Crippen molar-refractivity contribution in [2.45, 2.75) is 19.8 Å². The van der Waals surface area contributed by atoms with Gasteiger partial charge in [0.2, 0.25) is 0 Å². The monoisotopic (exact) mass is 382 g/mol. The van der Waals surface area contributed by atoms with E-state index in [-0.39, 0.29) is 17.4 Å². The van der Waals surface area contributed by atoms with Crippen LogP contribution in [-0.4, -0.2) is 50.0 Å². The molecule has 0 saturated carbocycles. The molecule has 0 bridgehead atoms. The van der Waals surface area contributed by atoms with Crippen LogP contribution in [0.3, 0.4) is 0 Å². The van der Waals surface area contributed by atoms with E-state index < -0.39 is 5.97 Å². The van der Waals surface area contributed by atoms with Gasteiger partial charge in [0.05, 0.1) is 17.1 Å². The highest BCUT2D eigenvalue weighted by Gasteiger charge is 2.19. The molecule has 0 radical (unpaired) electrons. The molecule has 0 unspecified atom stereocenters. The lowest BCUT2D eigenvalue weighted by molar-refractivity contribution is -0.133. The SMILES string of the molecule is CCCc1c(C(=O)NCCSCC(=O)O)nnn1-c1cccc(Cl)c1. The molecule has 0 atom stereocenters. The molecule has 1 aromatic heterocycles. The van der Waals surface area contributed by atoms with E-state index in [1.165, 1.54) is 11.8 Å². The number of thioether (sulfide) groups is 1. The maximum absolute atomic E-state index is 12.4. The summed E-state index contributed by atoms with van der Waals surface area (Å²) < 4.78 is 1.63. The molecule has 1 amide bonds. The first-order valence-corrected chi connectivity index (χ1v) is 9.34. The molecule has 2 aromatic rings. The minimum Gasteiger partial charge on any atom is -0.481 e. The number of carbonyl (C=O) groups excluding carboxylic acids is 1. The van der Waals surface area contributed by atoms with E-state index in [1.54, 1.807) is 16.8 Å². The Hall–Kier alpha value is -2.06. The predicted molar refractivity (Wildman–Crippen MR) is 97.7 cm³/mol. The number of carboxylic acid groups (broad SMARTS) is 1. The highest BCUT2D eigenvalue weighted by Crippen LogP contribution is 2.18. The first-order chi connectivity index (χ1) is 12.0. The second-order valence-electron chi connectivity index (χ2n) is 5.23. The number of aromatic nitrogens is 3. The van der Waals surface area contributed by atoms with Gasteiger partial charge >= 0.3 is 5.97 Å². The third kappa shape index (κ3) is 5.47. The Morgan fingerprint density at radius 1 is 1.40 bits per heavy atom. The van der Waals surface area contributed by atoms with Gasteiger partial charge in [0, 0.05) is 17.3 Å². The average molecular weight is 383 g/mol. The van der Waals surface area contributed by atoms with Gasteiger partial charge in [-0.15, -0.1) is 16.9 Å². The van der Waals surface area contributed by atoms with Crippen molar-refractivity contribution in [3.63, 3.8) is 0 Å². The minimum absolute atomic E-state index is 0.0158. The van der Waals surface area contributed by atoms with Crippen LogP contribution in [0, 0.1) is 0 Å². The summed E-state index contributed by atoms with van der Waals surface area (Å²) >= 11 is 7.28. The summed E-state index contributed by atoms with van der Waals surface area (Å²) in [6.07, 6.45) is 1.48. The molecule has 9 heteroatoms. The molecule has 1 heterocycles. The molecule has 134 valence electrons. The Bertz CT molecular complexity index is 751. The van der Waals surface area contributed by atoms with E-state index in [1.807, 2.05) is 19.1 Å². The Morgan fingerprint density at radius 2 is 2.20 bits per heavy atom. The lowest BCUT2D eigenvalue weighted by Crippen LogP contribution is -2.27. The van der Waals surface area contributed by atoms with Gasteiger partial charge in [-0.1, -0.05) is 36.2 Å². The molecule has 1 aromatic carbocycles. The van der Waals surface area contributed by atoms with Crippen molar-refractivity contribution in [2.24, 2.45) is 0 Å². The number of carboxylic acids is 1. The molecule has 0 aliphatic heterocycles. The van der Waals surface area contributed by atoms with Crippen LogP contribution in [0.15, 0.2) is 24.3 Å². The van der Waals surface area contributed by atoms with Gasteiger partial charge in [0.15, 0.2) is 5.69 Å². The van der Waals surface area contributed by atoms with Crippen LogP contribution in [0.5, 0.6) is 0 Å². The molecular formula is C16H19ClN4O3S. The van der Waals surface area contributed by atoms with Crippen LogP contribution < -0.4 is 5.32 Å². The van der Waals surface area contributed by atoms with Gasteiger partial charge in [-0.05, 0) is 24.6 Å². The van der Waals surface area contributed by atoms with Crippen LogP contribution in [-0.2, 0) is 11.2 Å². The first kappa shape index (κ1) is 19.3. The number of halogens is 1. The molecule has 7 nitrogen and oxygen atoms in total. The van der Waals surface area contributed by atoms with Crippen molar-refractivity contribution in [3.05, 3.63) is 40.7 Å². The Balaban J connectivity index is 2.10. The molecule has 0 aliphatic carbocycles. The molecule has 0 saturated heterocycles. The van der Waals surface area contributed by atoms with Gasteiger partial charge in [0.1, 0.15) is 0 Å². The molecule has 25 heavy (non-hydrogen) atoms. The van der Waals surface area contributed by atoms with Crippen molar-refractivity contribution in [1.82, 2.24) is 20.3 Å². The largest absolute Gasteiger partial charge is 0.481 e. The smallest absolute Gasteiger partial charge is 0.313 e. The second kappa shape index (κ2) is 9.43. The number of hydrogen-bond acceptors (Lipinski definition) is 5. The lowest BCUT2D eigenvalue weighted by atomic mass is 10.2. The van der Waals surface area contributed by atoms with Gasteiger partial charge in [-0.3, -0.25) is 9.59 Å². The molecule has 2 rings (SSSR count). The summed E-state index contributed by atoms with van der Waals surface area (Å²) in [4.78, 5) is 22.8. The number of hydrogen-bond donors (Lipinski definition) is 2. The van der Waals surface area contributed by atoms with Crippen molar-refractivity contribution < 1.29 is 14.7 Å². The number of carbonyl (C=O) groups is 2. The fourth-order valence-corrected chi connectivity index (χ4v) is 2.98. The van der Waals surface area contributed by atoms with Crippen LogP contribution in [0.25, 0.3) is 5.69 Å². The lowest BCUT2D eigenvalue weighted by Gasteiger charge is -2.08. The quantitative estimate of drug-likeness (QED) is 0.646. The minimum atomic E-state index is -0.869. The maximum atomic E-state index is 12.4. The van der Waals surface area contributed by atoms with E-state index in [0.717, 1.165) is 17.8 Å². The molecule has 2 N–H and O–H groups in total. The summed E-state index contributed by atoms with van der Waals surface area (Å²) in [5, 5.41) is 20.0. The maximum Gasteiger partial charge on any atom is 0.313 e.